The maximum atomic E-state index is 13.7. The second kappa shape index (κ2) is 12.5. The molecule has 0 radical (unpaired) electrons. The summed E-state index contributed by atoms with van der Waals surface area (Å²) >= 11 is 18.2. The molecule has 0 saturated carbocycles. The molecule has 0 aromatic heterocycles. The molecule has 2 aromatic carbocycles. The molecule has 1 N–H and O–H groups in total. The molecule has 2 rings (SSSR count). The molecule has 216 valence electrons. The maximum absolute atomic E-state index is 13.7. The second-order valence-electron chi connectivity index (χ2n) is 9.87. The van der Waals surface area contributed by atoms with Gasteiger partial charge in [-0.2, -0.15) is 13.2 Å². The predicted molar refractivity (Wildman–Crippen MR) is 148 cm³/mol. The molecule has 0 spiro atoms. The summed E-state index contributed by atoms with van der Waals surface area (Å²) in [6.07, 6.45) is -3.90. The van der Waals surface area contributed by atoms with E-state index in [1.807, 2.05) is 0 Å². The third-order valence-electron chi connectivity index (χ3n) is 5.44. The fraction of sp³-hybridized carbons (Fsp3) is 0.440. The van der Waals surface area contributed by atoms with Crippen LogP contribution in [0.3, 0.4) is 0 Å². The van der Waals surface area contributed by atoms with Crippen LogP contribution in [0, 0.1) is 0 Å². The summed E-state index contributed by atoms with van der Waals surface area (Å²) < 4.78 is 66.0. The molecular formula is C25H29Cl3F3N3O4S. The van der Waals surface area contributed by atoms with Crippen molar-refractivity contribution in [1.29, 1.82) is 0 Å². The van der Waals surface area contributed by atoms with Crippen molar-refractivity contribution in [3.05, 3.63) is 62.6 Å². The van der Waals surface area contributed by atoms with E-state index in [2.05, 4.69) is 5.32 Å². The minimum atomic E-state index is -4.79. The maximum Gasteiger partial charge on any atom is 0.416 e. The van der Waals surface area contributed by atoms with E-state index in [0.29, 0.717) is 22.0 Å². The zero-order valence-corrected chi connectivity index (χ0v) is 25.0. The van der Waals surface area contributed by atoms with Crippen molar-refractivity contribution in [3.63, 3.8) is 0 Å². The van der Waals surface area contributed by atoms with E-state index < -0.39 is 57.4 Å². The highest BCUT2D eigenvalue weighted by Crippen LogP contribution is 2.36. The molecule has 0 aliphatic heterocycles. The second-order valence-corrected chi connectivity index (χ2v) is 13.0. The zero-order chi connectivity index (χ0) is 29.9. The van der Waals surface area contributed by atoms with Gasteiger partial charge in [0, 0.05) is 12.1 Å². The zero-order valence-electron chi connectivity index (χ0n) is 21.9. The van der Waals surface area contributed by atoms with Crippen LogP contribution in [0.25, 0.3) is 0 Å². The van der Waals surface area contributed by atoms with E-state index >= 15 is 0 Å². The van der Waals surface area contributed by atoms with E-state index in [0.717, 1.165) is 17.2 Å². The van der Waals surface area contributed by atoms with Crippen LogP contribution in [0.5, 0.6) is 0 Å². The summed E-state index contributed by atoms with van der Waals surface area (Å²) in [6.45, 7) is 5.84. The van der Waals surface area contributed by atoms with Crippen LogP contribution in [0.4, 0.5) is 18.9 Å². The van der Waals surface area contributed by atoms with Crippen molar-refractivity contribution >= 4 is 62.3 Å². The van der Waals surface area contributed by atoms with Crippen LogP contribution in [-0.2, 0) is 32.3 Å². The standard InChI is InChI=1S/C25H29Cl3F3N3O4S/c1-6-20(23(36)32-24(2,3)4)33(13-15-7-9-17(26)19(28)11-15)22(35)14-34(39(5,37)38)21-12-16(25(29,30)31)8-10-18(21)27/h7-12,20H,6,13-14H2,1-5H3,(H,32,36)/t20-/m0/s1. The SMILES string of the molecule is CC[C@@H](C(=O)NC(C)(C)C)N(Cc1ccc(Cl)c(Cl)c1)C(=O)CN(c1cc(C(F)(F)F)ccc1Cl)S(C)(=O)=O. The van der Waals surface area contributed by atoms with E-state index in [1.165, 1.54) is 12.1 Å². The summed E-state index contributed by atoms with van der Waals surface area (Å²) in [5, 5.41) is 2.95. The summed E-state index contributed by atoms with van der Waals surface area (Å²) in [6, 6.07) is 5.70. The lowest BCUT2D eigenvalue weighted by molar-refractivity contribution is -0.141. The quantitative estimate of drug-likeness (QED) is 0.360. The molecule has 2 aromatic rings. The number of rotatable bonds is 9. The van der Waals surface area contributed by atoms with Crippen LogP contribution in [0.1, 0.15) is 45.2 Å². The molecular weight excluding hydrogens is 602 g/mol. The van der Waals surface area contributed by atoms with Gasteiger partial charge in [0.25, 0.3) is 0 Å². The summed E-state index contributed by atoms with van der Waals surface area (Å²) in [7, 11) is -4.30. The van der Waals surface area contributed by atoms with Gasteiger partial charge in [-0.3, -0.25) is 13.9 Å². The highest BCUT2D eigenvalue weighted by molar-refractivity contribution is 7.92. The van der Waals surface area contributed by atoms with Crippen molar-refractivity contribution in [3.8, 4) is 0 Å². The molecule has 0 aliphatic carbocycles. The molecule has 0 aliphatic rings. The van der Waals surface area contributed by atoms with Gasteiger partial charge in [-0.15, -0.1) is 0 Å². The normalized spacial score (nSPS) is 13.1. The van der Waals surface area contributed by atoms with Crippen molar-refractivity contribution in [2.24, 2.45) is 0 Å². The largest absolute Gasteiger partial charge is 0.416 e. The average molecular weight is 631 g/mol. The number of hydrogen-bond acceptors (Lipinski definition) is 4. The molecule has 0 unspecified atom stereocenters. The highest BCUT2D eigenvalue weighted by Gasteiger charge is 2.36. The van der Waals surface area contributed by atoms with Gasteiger partial charge in [0.05, 0.1) is 32.6 Å². The number of amides is 2. The molecule has 0 fully saturated rings. The Balaban J connectivity index is 2.59. The predicted octanol–water partition coefficient (Wildman–Crippen LogP) is 6.15. The Morgan fingerprint density at radius 1 is 0.974 bits per heavy atom. The number of halogens is 6. The Morgan fingerprint density at radius 2 is 1.56 bits per heavy atom. The number of nitrogens with zero attached hydrogens (tertiary/aromatic N) is 2. The van der Waals surface area contributed by atoms with Crippen LogP contribution < -0.4 is 9.62 Å². The van der Waals surface area contributed by atoms with Crippen molar-refractivity contribution in [1.82, 2.24) is 10.2 Å². The van der Waals surface area contributed by atoms with E-state index in [4.69, 9.17) is 34.8 Å². The number of anilines is 1. The lowest BCUT2D eigenvalue weighted by Gasteiger charge is -2.34. The van der Waals surface area contributed by atoms with Gasteiger partial charge >= 0.3 is 6.18 Å². The first-order chi connectivity index (χ1) is 17.7. The third-order valence-corrected chi connectivity index (χ3v) is 7.63. The van der Waals surface area contributed by atoms with Gasteiger partial charge < -0.3 is 10.2 Å². The summed E-state index contributed by atoms with van der Waals surface area (Å²) in [5.74, 6) is -1.35. The number of carbonyl (C=O) groups is 2. The van der Waals surface area contributed by atoms with Crippen molar-refractivity contribution < 1.29 is 31.2 Å². The lowest BCUT2D eigenvalue weighted by Crippen LogP contribution is -2.55. The number of alkyl halides is 3. The Morgan fingerprint density at radius 3 is 2.05 bits per heavy atom. The van der Waals surface area contributed by atoms with E-state index in [1.54, 1.807) is 33.8 Å². The summed E-state index contributed by atoms with van der Waals surface area (Å²) in [5.41, 5.74) is -1.83. The third kappa shape index (κ3) is 9.16. The molecule has 2 amide bonds. The van der Waals surface area contributed by atoms with Gasteiger partial charge in [-0.25, -0.2) is 8.42 Å². The van der Waals surface area contributed by atoms with Gasteiger partial charge in [-0.05, 0) is 63.1 Å². The molecule has 0 saturated heterocycles. The van der Waals surface area contributed by atoms with Crippen molar-refractivity contribution in [2.75, 3.05) is 17.1 Å². The van der Waals surface area contributed by atoms with E-state index in [-0.39, 0.29) is 28.0 Å². The fourth-order valence-corrected chi connectivity index (χ4v) is 5.13. The van der Waals surface area contributed by atoms with Gasteiger partial charge in [0.15, 0.2) is 0 Å². The molecule has 0 heterocycles. The molecule has 0 bridgehead atoms. The molecule has 7 nitrogen and oxygen atoms in total. The lowest BCUT2D eigenvalue weighted by atomic mass is 10.1. The Kier molecular flexibility index (Phi) is 10.6. The average Bonchev–Trinajstić information content (AvgIpc) is 2.77. The molecule has 14 heteroatoms. The first-order valence-electron chi connectivity index (χ1n) is 11.6. The number of benzene rings is 2. The van der Waals surface area contributed by atoms with Crippen LogP contribution in [0.15, 0.2) is 36.4 Å². The highest BCUT2D eigenvalue weighted by atomic mass is 35.5. The Hall–Kier alpha value is -2.21. The van der Waals surface area contributed by atoms with Crippen LogP contribution >= 0.6 is 34.8 Å². The van der Waals surface area contributed by atoms with Crippen LogP contribution in [0.2, 0.25) is 15.1 Å². The fourth-order valence-electron chi connectivity index (χ4n) is 3.68. The molecule has 1 atom stereocenters. The monoisotopic (exact) mass is 629 g/mol. The number of nitrogens with one attached hydrogen (secondary N) is 1. The Labute approximate surface area is 241 Å². The van der Waals surface area contributed by atoms with Crippen LogP contribution in [-0.4, -0.2) is 49.5 Å². The first-order valence-corrected chi connectivity index (χ1v) is 14.6. The Bertz CT molecular complexity index is 1330. The molecule has 39 heavy (non-hydrogen) atoms. The van der Waals surface area contributed by atoms with Gasteiger partial charge in [0.2, 0.25) is 21.8 Å². The number of sulfonamides is 1. The van der Waals surface area contributed by atoms with Gasteiger partial charge in [-0.1, -0.05) is 47.8 Å². The smallest absolute Gasteiger partial charge is 0.350 e. The van der Waals surface area contributed by atoms with Crippen molar-refractivity contribution in [2.45, 2.75) is 58.4 Å². The number of carbonyl (C=O) groups excluding carboxylic acids is 2. The number of hydrogen-bond donors (Lipinski definition) is 1. The van der Waals surface area contributed by atoms with E-state index in [9.17, 15) is 31.2 Å². The first kappa shape index (κ1) is 33.0. The minimum Gasteiger partial charge on any atom is -0.350 e. The summed E-state index contributed by atoms with van der Waals surface area (Å²) in [4.78, 5) is 28.0. The van der Waals surface area contributed by atoms with Gasteiger partial charge in [0.1, 0.15) is 12.6 Å². The minimum absolute atomic E-state index is 0.151. The topological polar surface area (TPSA) is 86.8 Å².